The number of unbranched alkanes of at least 4 members (excludes halogenated alkanes) is 5. The Balaban J connectivity index is 2.92. The second-order valence-electron chi connectivity index (χ2n) is 6.29. The molecule has 5 heteroatoms. The van der Waals surface area contributed by atoms with Crippen molar-refractivity contribution in [3.05, 3.63) is 30.3 Å². The molecule has 0 spiro atoms. The van der Waals surface area contributed by atoms with Gasteiger partial charge in [0.1, 0.15) is 0 Å². The molecule has 0 aliphatic heterocycles. The minimum Gasteiger partial charge on any atom is -0.465 e. The Morgan fingerprint density at radius 2 is 1.58 bits per heavy atom. The van der Waals surface area contributed by atoms with Crippen molar-refractivity contribution in [2.75, 3.05) is 6.61 Å². The maximum absolute atomic E-state index is 13.0. The summed E-state index contributed by atoms with van der Waals surface area (Å²) < 4.78 is 29.6. The summed E-state index contributed by atoms with van der Waals surface area (Å²) in [6, 6.07) is 8.17. The highest BCUT2D eigenvalue weighted by Crippen LogP contribution is 2.32. The van der Waals surface area contributed by atoms with Gasteiger partial charge in [-0.25, -0.2) is 8.42 Å². The van der Waals surface area contributed by atoms with Crippen molar-refractivity contribution in [3.8, 4) is 0 Å². The molecule has 0 aliphatic rings. The zero-order chi connectivity index (χ0) is 18.1. The molecule has 0 saturated carbocycles. The molecule has 0 saturated heterocycles. The van der Waals surface area contributed by atoms with Gasteiger partial charge >= 0.3 is 5.97 Å². The number of ether oxygens (including phenoxy) is 1. The third-order valence-corrected chi connectivity index (χ3v) is 6.81. The summed E-state index contributed by atoms with van der Waals surface area (Å²) in [5.74, 6) is -0.651. The minimum atomic E-state index is -3.79. The van der Waals surface area contributed by atoms with Crippen LogP contribution in [0.5, 0.6) is 0 Å². The van der Waals surface area contributed by atoms with Gasteiger partial charge in [0.25, 0.3) is 0 Å². The van der Waals surface area contributed by atoms with Crippen molar-refractivity contribution >= 4 is 15.8 Å². The monoisotopic (exact) mass is 354 g/mol. The predicted molar refractivity (Wildman–Crippen MR) is 96.7 cm³/mol. The van der Waals surface area contributed by atoms with Crippen LogP contribution in [0.3, 0.4) is 0 Å². The average molecular weight is 355 g/mol. The standard InChI is InChI=1S/C19H30O4S/c1-4-6-7-8-9-13-16-19(3,18(20)23-5-2)24(21,22)17-14-11-10-12-15-17/h10-12,14-15H,4-9,13,16H2,1-3H3. The van der Waals surface area contributed by atoms with E-state index in [1.807, 2.05) is 0 Å². The van der Waals surface area contributed by atoms with Crippen molar-refractivity contribution in [1.29, 1.82) is 0 Å². The molecule has 4 nitrogen and oxygen atoms in total. The molecule has 1 aromatic carbocycles. The second-order valence-corrected chi connectivity index (χ2v) is 8.66. The molecule has 1 rings (SSSR count). The van der Waals surface area contributed by atoms with Crippen LogP contribution >= 0.6 is 0 Å². The van der Waals surface area contributed by atoms with E-state index < -0.39 is 20.6 Å². The van der Waals surface area contributed by atoms with Gasteiger partial charge in [-0.3, -0.25) is 4.79 Å². The van der Waals surface area contributed by atoms with Gasteiger partial charge in [0, 0.05) is 0 Å². The van der Waals surface area contributed by atoms with Crippen molar-refractivity contribution in [1.82, 2.24) is 0 Å². The Bertz CT molecular complexity index is 595. The third-order valence-electron chi connectivity index (χ3n) is 4.36. The Hall–Kier alpha value is -1.36. The summed E-state index contributed by atoms with van der Waals surface area (Å²) in [5, 5.41) is 0. The SMILES string of the molecule is CCCCCCCCC(C)(C(=O)OCC)S(=O)(=O)c1ccccc1. The molecule has 1 atom stereocenters. The number of hydrogen-bond donors (Lipinski definition) is 0. The average Bonchev–Trinajstić information content (AvgIpc) is 2.58. The number of rotatable bonds is 11. The normalized spacial score (nSPS) is 14.1. The van der Waals surface area contributed by atoms with Crippen LogP contribution in [0.15, 0.2) is 35.2 Å². The first-order chi connectivity index (χ1) is 11.4. The molecule has 0 amide bonds. The first-order valence-electron chi connectivity index (χ1n) is 8.87. The van der Waals surface area contributed by atoms with Gasteiger partial charge < -0.3 is 4.74 Å². The molecule has 0 heterocycles. The zero-order valence-electron chi connectivity index (χ0n) is 15.1. The molecule has 0 aliphatic carbocycles. The molecular weight excluding hydrogens is 324 g/mol. The summed E-state index contributed by atoms with van der Waals surface area (Å²) >= 11 is 0. The fourth-order valence-corrected chi connectivity index (χ4v) is 4.46. The van der Waals surface area contributed by atoms with Gasteiger partial charge in [-0.05, 0) is 32.4 Å². The maximum atomic E-state index is 13.0. The molecule has 136 valence electrons. The van der Waals surface area contributed by atoms with Crippen LogP contribution in [-0.2, 0) is 19.4 Å². The summed E-state index contributed by atoms with van der Waals surface area (Å²) in [4.78, 5) is 12.6. The molecule has 0 bridgehead atoms. The lowest BCUT2D eigenvalue weighted by molar-refractivity contribution is -0.146. The van der Waals surface area contributed by atoms with E-state index in [1.54, 1.807) is 25.1 Å². The van der Waals surface area contributed by atoms with Gasteiger partial charge in [0.15, 0.2) is 14.6 Å². The second kappa shape index (κ2) is 9.82. The molecule has 0 N–H and O–H groups in total. The van der Waals surface area contributed by atoms with Crippen LogP contribution in [0.25, 0.3) is 0 Å². The molecule has 1 aromatic rings. The van der Waals surface area contributed by atoms with E-state index in [0.29, 0.717) is 6.42 Å². The van der Waals surface area contributed by atoms with E-state index in [2.05, 4.69) is 6.92 Å². The van der Waals surface area contributed by atoms with Gasteiger partial charge in [0.2, 0.25) is 0 Å². The first kappa shape index (κ1) is 20.7. The highest BCUT2D eigenvalue weighted by molar-refractivity contribution is 7.93. The van der Waals surface area contributed by atoms with Crippen molar-refractivity contribution in [3.63, 3.8) is 0 Å². The van der Waals surface area contributed by atoms with Crippen LogP contribution in [0.2, 0.25) is 0 Å². The predicted octanol–water partition coefficient (Wildman–Crippen LogP) is 4.53. The number of hydrogen-bond acceptors (Lipinski definition) is 4. The van der Waals surface area contributed by atoms with Crippen LogP contribution < -0.4 is 0 Å². The van der Waals surface area contributed by atoms with E-state index >= 15 is 0 Å². The summed E-state index contributed by atoms with van der Waals surface area (Å²) in [5.41, 5.74) is 0. The Kier molecular flexibility index (Phi) is 8.46. The number of carbonyl (C=O) groups is 1. The Labute approximate surface area is 146 Å². The van der Waals surface area contributed by atoms with E-state index in [-0.39, 0.29) is 17.9 Å². The number of esters is 1. The lowest BCUT2D eigenvalue weighted by Crippen LogP contribution is -2.45. The Morgan fingerprint density at radius 3 is 2.17 bits per heavy atom. The summed E-state index contributed by atoms with van der Waals surface area (Å²) in [6.07, 6.45) is 6.50. The quantitative estimate of drug-likeness (QED) is 0.432. The fourth-order valence-electron chi connectivity index (χ4n) is 2.73. The van der Waals surface area contributed by atoms with Crippen LogP contribution in [0.4, 0.5) is 0 Å². The summed E-state index contributed by atoms with van der Waals surface area (Å²) in [6.45, 7) is 5.52. The van der Waals surface area contributed by atoms with E-state index in [1.165, 1.54) is 31.9 Å². The molecule has 1 unspecified atom stereocenters. The van der Waals surface area contributed by atoms with E-state index in [0.717, 1.165) is 19.3 Å². The Morgan fingerprint density at radius 1 is 1.00 bits per heavy atom. The highest BCUT2D eigenvalue weighted by atomic mass is 32.2. The van der Waals surface area contributed by atoms with Gasteiger partial charge in [-0.2, -0.15) is 0 Å². The first-order valence-corrected chi connectivity index (χ1v) is 10.4. The van der Waals surface area contributed by atoms with E-state index in [4.69, 9.17) is 4.74 Å². The fraction of sp³-hybridized carbons (Fsp3) is 0.632. The molecule has 0 radical (unpaired) electrons. The molecule has 24 heavy (non-hydrogen) atoms. The van der Waals surface area contributed by atoms with Crippen molar-refractivity contribution < 1.29 is 17.9 Å². The summed E-state index contributed by atoms with van der Waals surface area (Å²) in [7, 11) is -3.79. The van der Waals surface area contributed by atoms with Crippen LogP contribution in [-0.4, -0.2) is 25.7 Å². The lowest BCUT2D eigenvalue weighted by Gasteiger charge is -2.27. The van der Waals surface area contributed by atoms with Crippen LogP contribution in [0.1, 0.15) is 65.7 Å². The minimum absolute atomic E-state index is 0.173. The molecular formula is C19H30O4S. The number of benzene rings is 1. The molecule has 0 aromatic heterocycles. The van der Waals surface area contributed by atoms with Gasteiger partial charge in [-0.1, -0.05) is 63.6 Å². The smallest absolute Gasteiger partial charge is 0.327 e. The highest BCUT2D eigenvalue weighted by Gasteiger charge is 2.47. The molecule has 0 fully saturated rings. The van der Waals surface area contributed by atoms with Gasteiger partial charge in [-0.15, -0.1) is 0 Å². The van der Waals surface area contributed by atoms with E-state index in [9.17, 15) is 13.2 Å². The zero-order valence-corrected chi connectivity index (χ0v) is 15.9. The number of sulfone groups is 1. The maximum Gasteiger partial charge on any atom is 0.327 e. The topological polar surface area (TPSA) is 60.4 Å². The number of carbonyl (C=O) groups excluding carboxylic acids is 1. The van der Waals surface area contributed by atoms with Crippen molar-refractivity contribution in [2.45, 2.75) is 75.4 Å². The van der Waals surface area contributed by atoms with Crippen LogP contribution in [0, 0.1) is 0 Å². The lowest BCUT2D eigenvalue weighted by atomic mass is 10.0. The third kappa shape index (κ3) is 5.07. The largest absolute Gasteiger partial charge is 0.465 e. The van der Waals surface area contributed by atoms with Gasteiger partial charge in [0.05, 0.1) is 11.5 Å². The van der Waals surface area contributed by atoms with Crippen molar-refractivity contribution in [2.24, 2.45) is 0 Å².